The molecule has 1 aromatic rings. The molecular weight excluding hydrogens is 370 g/mol. The van der Waals surface area contributed by atoms with E-state index < -0.39 is 11.8 Å². The van der Waals surface area contributed by atoms with Gasteiger partial charge in [-0.1, -0.05) is 6.42 Å². The molecule has 158 valence electrons. The first kappa shape index (κ1) is 21.1. The van der Waals surface area contributed by atoms with Gasteiger partial charge in [-0.25, -0.2) is 0 Å². The van der Waals surface area contributed by atoms with Crippen LogP contribution in [0.1, 0.15) is 56.3 Å². The van der Waals surface area contributed by atoms with Crippen LogP contribution in [0, 0.1) is 17.8 Å². The molecule has 0 unspecified atom stereocenters. The van der Waals surface area contributed by atoms with E-state index in [1.807, 2.05) is 12.1 Å². The molecule has 2 N–H and O–H groups in total. The molecule has 0 saturated heterocycles. The first-order valence-corrected chi connectivity index (χ1v) is 10.6. The second-order valence-electron chi connectivity index (χ2n) is 8.02. The Morgan fingerprint density at radius 3 is 2.34 bits per heavy atom. The van der Waals surface area contributed by atoms with Gasteiger partial charge in [-0.05, 0) is 75.1 Å². The molecule has 0 aromatic heterocycles. The highest BCUT2D eigenvalue weighted by molar-refractivity contribution is 5.95. The largest absolute Gasteiger partial charge is 0.455 e. The van der Waals surface area contributed by atoms with Crippen molar-refractivity contribution in [3.8, 4) is 0 Å². The van der Waals surface area contributed by atoms with Crippen LogP contribution in [-0.4, -0.2) is 37.5 Å². The smallest absolute Gasteiger partial charge is 0.306 e. The summed E-state index contributed by atoms with van der Waals surface area (Å²) in [6.07, 6.45) is 5.23. The predicted octanol–water partition coefficient (Wildman–Crippen LogP) is 2.66. The Morgan fingerprint density at radius 2 is 1.76 bits per heavy atom. The lowest BCUT2D eigenvalue weighted by Gasteiger charge is -2.21. The molecule has 0 radical (unpaired) electrons. The molecule has 7 heteroatoms. The minimum absolute atomic E-state index is 0.337. The fourth-order valence-corrected chi connectivity index (χ4v) is 4.69. The zero-order chi connectivity index (χ0) is 20.8. The molecule has 2 saturated carbocycles. The Morgan fingerprint density at radius 1 is 1.03 bits per heavy atom. The number of hydrazine groups is 1. The normalized spacial score (nSPS) is 22.2. The van der Waals surface area contributed by atoms with E-state index in [-0.39, 0.29) is 12.6 Å². The molecule has 0 spiro atoms. The SMILES string of the molecule is CCN(CC)c1ccc(C(=O)NNC(=O)COC(=O)C[C@H]2C[C@@H]3CC[C@@H]2C3)cc1. The van der Waals surface area contributed by atoms with Gasteiger partial charge in [0.15, 0.2) is 6.61 Å². The van der Waals surface area contributed by atoms with Gasteiger partial charge in [0.1, 0.15) is 0 Å². The number of anilines is 1. The molecule has 2 amide bonds. The third-order valence-electron chi connectivity index (χ3n) is 6.25. The summed E-state index contributed by atoms with van der Waals surface area (Å²) in [6, 6.07) is 7.18. The quantitative estimate of drug-likeness (QED) is 0.517. The van der Waals surface area contributed by atoms with Crippen LogP contribution < -0.4 is 15.8 Å². The number of ether oxygens (including phenoxy) is 1. The molecular formula is C22H31N3O4. The van der Waals surface area contributed by atoms with E-state index in [0.717, 1.165) is 31.1 Å². The topological polar surface area (TPSA) is 87.7 Å². The molecule has 3 atom stereocenters. The van der Waals surface area contributed by atoms with Crippen molar-refractivity contribution in [2.45, 2.75) is 46.0 Å². The summed E-state index contributed by atoms with van der Waals surface area (Å²) in [5.74, 6) is 0.516. The molecule has 2 aliphatic carbocycles. The maximum atomic E-state index is 12.2. The van der Waals surface area contributed by atoms with Gasteiger partial charge in [-0.15, -0.1) is 0 Å². The molecule has 2 fully saturated rings. The molecule has 7 nitrogen and oxygen atoms in total. The Labute approximate surface area is 172 Å². The number of benzene rings is 1. The average Bonchev–Trinajstić information content (AvgIpc) is 3.35. The zero-order valence-corrected chi connectivity index (χ0v) is 17.3. The van der Waals surface area contributed by atoms with Crippen molar-refractivity contribution < 1.29 is 19.1 Å². The van der Waals surface area contributed by atoms with Crippen molar-refractivity contribution in [2.24, 2.45) is 17.8 Å². The number of carbonyl (C=O) groups is 3. The highest BCUT2D eigenvalue weighted by Gasteiger charge is 2.40. The molecule has 3 rings (SSSR count). The number of nitrogens with one attached hydrogen (secondary N) is 2. The van der Waals surface area contributed by atoms with Gasteiger partial charge in [0.2, 0.25) is 0 Å². The summed E-state index contributed by atoms with van der Waals surface area (Å²) in [4.78, 5) is 38.2. The van der Waals surface area contributed by atoms with Crippen LogP contribution in [0.4, 0.5) is 5.69 Å². The van der Waals surface area contributed by atoms with Gasteiger partial charge in [0, 0.05) is 30.8 Å². The van der Waals surface area contributed by atoms with E-state index in [9.17, 15) is 14.4 Å². The number of carbonyl (C=O) groups excluding carboxylic acids is 3. The van der Waals surface area contributed by atoms with E-state index >= 15 is 0 Å². The van der Waals surface area contributed by atoms with E-state index in [4.69, 9.17) is 4.74 Å². The lowest BCUT2D eigenvalue weighted by Crippen LogP contribution is -2.43. The second-order valence-corrected chi connectivity index (χ2v) is 8.02. The summed E-state index contributed by atoms with van der Waals surface area (Å²) in [7, 11) is 0. The van der Waals surface area contributed by atoms with Crippen LogP contribution in [-0.2, 0) is 14.3 Å². The zero-order valence-electron chi connectivity index (χ0n) is 17.3. The maximum Gasteiger partial charge on any atom is 0.306 e. The summed E-state index contributed by atoms with van der Waals surface area (Å²) < 4.78 is 5.07. The number of fused-ring (bicyclic) bond motifs is 2. The van der Waals surface area contributed by atoms with Crippen LogP contribution in [0.25, 0.3) is 0 Å². The summed E-state index contributed by atoms with van der Waals surface area (Å²) in [5.41, 5.74) is 6.12. The third-order valence-corrected chi connectivity index (χ3v) is 6.25. The molecule has 2 aliphatic rings. The summed E-state index contributed by atoms with van der Waals surface area (Å²) in [6.45, 7) is 5.53. The molecule has 29 heavy (non-hydrogen) atoms. The first-order valence-electron chi connectivity index (χ1n) is 10.6. The Hall–Kier alpha value is -2.57. The number of rotatable bonds is 8. The standard InChI is InChI=1S/C22H31N3O4/c1-3-25(4-2)19-9-7-16(8-10-19)22(28)24-23-20(26)14-29-21(27)13-18-12-15-5-6-17(18)11-15/h7-10,15,17-18H,3-6,11-14H2,1-2H3,(H,23,26)(H,24,28)/t15-,17-,18-/m1/s1. The highest BCUT2D eigenvalue weighted by Crippen LogP contribution is 2.49. The Kier molecular flexibility index (Phi) is 7.12. The Bertz CT molecular complexity index is 730. The van der Waals surface area contributed by atoms with Crippen LogP contribution in [0.2, 0.25) is 0 Å². The Balaban J connectivity index is 1.36. The molecule has 1 aromatic carbocycles. The van der Waals surface area contributed by atoms with E-state index in [2.05, 4.69) is 29.6 Å². The van der Waals surface area contributed by atoms with E-state index in [1.54, 1.807) is 12.1 Å². The number of hydrogen-bond donors (Lipinski definition) is 2. The minimum Gasteiger partial charge on any atom is -0.455 e. The van der Waals surface area contributed by atoms with Crippen LogP contribution in [0.15, 0.2) is 24.3 Å². The fourth-order valence-electron chi connectivity index (χ4n) is 4.69. The van der Waals surface area contributed by atoms with Gasteiger partial charge >= 0.3 is 5.97 Å². The van der Waals surface area contributed by atoms with Crippen molar-refractivity contribution in [3.05, 3.63) is 29.8 Å². The number of esters is 1. The van der Waals surface area contributed by atoms with Gasteiger partial charge in [-0.3, -0.25) is 25.2 Å². The van der Waals surface area contributed by atoms with Crippen molar-refractivity contribution in [2.75, 3.05) is 24.6 Å². The van der Waals surface area contributed by atoms with Crippen LogP contribution in [0.3, 0.4) is 0 Å². The summed E-state index contributed by atoms with van der Waals surface area (Å²) >= 11 is 0. The fraction of sp³-hybridized carbons (Fsp3) is 0.591. The van der Waals surface area contributed by atoms with Crippen molar-refractivity contribution >= 4 is 23.5 Å². The highest BCUT2D eigenvalue weighted by atomic mass is 16.5. The van der Waals surface area contributed by atoms with Gasteiger partial charge in [0.25, 0.3) is 11.8 Å². The van der Waals surface area contributed by atoms with Crippen molar-refractivity contribution in [1.29, 1.82) is 0 Å². The van der Waals surface area contributed by atoms with Crippen molar-refractivity contribution in [1.82, 2.24) is 10.9 Å². The number of hydrogen-bond acceptors (Lipinski definition) is 5. The minimum atomic E-state index is -0.556. The average molecular weight is 402 g/mol. The predicted molar refractivity (Wildman–Crippen MR) is 110 cm³/mol. The van der Waals surface area contributed by atoms with E-state index in [1.165, 1.54) is 19.3 Å². The van der Waals surface area contributed by atoms with Gasteiger partial charge in [0.05, 0.1) is 0 Å². The number of nitrogens with zero attached hydrogens (tertiary/aromatic N) is 1. The lowest BCUT2D eigenvalue weighted by atomic mass is 9.86. The van der Waals surface area contributed by atoms with Gasteiger partial charge in [-0.2, -0.15) is 0 Å². The lowest BCUT2D eigenvalue weighted by molar-refractivity contribution is -0.150. The molecule has 0 aliphatic heterocycles. The number of amides is 2. The molecule has 2 bridgehead atoms. The summed E-state index contributed by atoms with van der Waals surface area (Å²) in [5, 5.41) is 0. The first-order chi connectivity index (χ1) is 14.0. The molecule has 0 heterocycles. The second kappa shape index (κ2) is 9.76. The van der Waals surface area contributed by atoms with Crippen molar-refractivity contribution in [3.63, 3.8) is 0 Å². The van der Waals surface area contributed by atoms with Crippen LogP contribution in [0.5, 0.6) is 0 Å². The third kappa shape index (κ3) is 5.49. The maximum absolute atomic E-state index is 12.2. The van der Waals surface area contributed by atoms with Gasteiger partial charge < -0.3 is 9.64 Å². The monoisotopic (exact) mass is 401 g/mol. The van der Waals surface area contributed by atoms with E-state index in [0.29, 0.717) is 23.8 Å². The van der Waals surface area contributed by atoms with Crippen LogP contribution >= 0.6 is 0 Å².